The van der Waals surface area contributed by atoms with Crippen LogP contribution in [-0.2, 0) is 6.42 Å². The summed E-state index contributed by atoms with van der Waals surface area (Å²) in [5.74, 6) is 0.759. The number of hydrogen-bond donors (Lipinski definition) is 1. The zero-order chi connectivity index (χ0) is 22.0. The maximum Gasteiger partial charge on any atom is 0.322 e. The first-order chi connectivity index (χ1) is 15.0. The Bertz CT molecular complexity index is 1100. The van der Waals surface area contributed by atoms with Crippen molar-refractivity contribution < 1.29 is 18.7 Å². The van der Waals surface area contributed by atoms with Gasteiger partial charge in [0.05, 0.1) is 20.3 Å². The minimum Gasteiger partial charge on any atom is -0.493 e. The zero-order valence-electron chi connectivity index (χ0n) is 17.2. The number of nitrogens with zero attached hydrogens (tertiary/aromatic N) is 1. The van der Waals surface area contributed by atoms with Gasteiger partial charge in [-0.1, -0.05) is 29.8 Å². The molecule has 0 radical (unpaired) electrons. The largest absolute Gasteiger partial charge is 0.493 e. The van der Waals surface area contributed by atoms with E-state index in [1.807, 2.05) is 12.1 Å². The Morgan fingerprint density at radius 3 is 2.39 bits per heavy atom. The van der Waals surface area contributed by atoms with Crippen molar-refractivity contribution in [1.29, 1.82) is 0 Å². The van der Waals surface area contributed by atoms with Gasteiger partial charge in [-0.25, -0.2) is 9.18 Å². The number of ether oxygens (including phenoxy) is 2. The Labute approximate surface area is 185 Å². The number of fused-ring (bicyclic) bond motifs is 1. The number of methoxy groups -OCH3 is 2. The fourth-order valence-corrected chi connectivity index (χ4v) is 4.05. The number of hydrogen-bond acceptors (Lipinski definition) is 3. The van der Waals surface area contributed by atoms with Crippen LogP contribution in [-0.4, -0.2) is 31.7 Å². The van der Waals surface area contributed by atoms with Crippen LogP contribution < -0.4 is 14.8 Å². The van der Waals surface area contributed by atoms with Crippen molar-refractivity contribution >= 4 is 23.3 Å². The smallest absolute Gasteiger partial charge is 0.322 e. The second kappa shape index (κ2) is 8.86. The van der Waals surface area contributed by atoms with E-state index in [0.717, 1.165) is 11.1 Å². The Hall–Kier alpha value is -3.25. The quantitative estimate of drug-likeness (QED) is 0.568. The van der Waals surface area contributed by atoms with E-state index in [0.29, 0.717) is 40.7 Å². The van der Waals surface area contributed by atoms with Crippen LogP contribution in [0.5, 0.6) is 11.5 Å². The average Bonchev–Trinajstić information content (AvgIpc) is 2.79. The van der Waals surface area contributed by atoms with E-state index in [1.54, 1.807) is 61.6 Å². The Morgan fingerprint density at radius 2 is 1.71 bits per heavy atom. The van der Waals surface area contributed by atoms with Crippen molar-refractivity contribution in [2.24, 2.45) is 0 Å². The minimum atomic E-state index is -0.614. The van der Waals surface area contributed by atoms with Gasteiger partial charge in [-0.3, -0.25) is 0 Å². The molecular formula is C24H22ClFN2O3. The molecule has 31 heavy (non-hydrogen) atoms. The van der Waals surface area contributed by atoms with Gasteiger partial charge in [-0.05, 0) is 60.0 Å². The summed E-state index contributed by atoms with van der Waals surface area (Å²) >= 11 is 5.94. The Kier molecular flexibility index (Phi) is 6.00. The summed E-state index contributed by atoms with van der Waals surface area (Å²) in [5.41, 5.74) is 2.82. The van der Waals surface area contributed by atoms with E-state index >= 15 is 0 Å². The van der Waals surface area contributed by atoms with Gasteiger partial charge in [0.25, 0.3) is 0 Å². The van der Waals surface area contributed by atoms with Gasteiger partial charge in [0.15, 0.2) is 11.5 Å². The molecule has 1 heterocycles. The second-order valence-corrected chi connectivity index (χ2v) is 7.65. The first kappa shape index (κ1) is 21.0. The number of benzene rings is 3. The zero-order valence-corrected chi connectivity index (χ0v) is 17.9. The van der Waals surface area contributed by atoms with Crippen LogP contribution in [0.25, 0.3) is 0 Å². The second-order valence-electron chi connectivity index (χ2n) is 7.21. The highest BCUT2D eigenvalue weighted by Gasteiger charge is 2.35. The van der Waals surface area contributed by atoms with Gasteiger partial charge < -0.3 is 19.7 Å². The number of rotatable bonds is 4. The molecular weight excluding hydrogens is 419 g/mol. The summed E-state index contributed by atoms with van der Waals surface area (Å²) in [6.07, 6.45) is 0.606. The van der Waals surface area contributed by atoms with Crippen molar-refractivity contribution in [3.8, 4) is 11.5 Å². The van der Waals surface area contributed by atoms with Crippen LogP contribution in [0.1, 0.15) is 22.7 Å². The molecule has 5 nitrogen and oxygen atoms in total. The molecule has 0 fully saturated rings. The highest BCUT2D eigenvalue weighted by molar-refractivity contribution is 6.30. The summed E-state index contributed by atoms with van der Waals surface area (Å²) in [7, 11) is 3.13. The summed E-state index contributed by atoms with van der Waals surface area (Å²) in [4.78, 5) is 14.9. The summed E-state index contributed by atoms with van der Waals surface area (Å²) in [5, 5.41) is 3.47. The predicted molar refractivity (Wildman–Crippen MR) is 119 cm³/mol. The molecule has 1 aliphatic heterocycles. The third-order valence-electron chi connectivity index (χ3n) is 5.43. The minimum absolute atomic E-state index is 0.323. The number of nitrogens with one attached hydrogen (secondary N) is 1. The van der Waals surface area contributed by atoms with Gasteiger partial charge in [-0.15, -0.1) is 0 Å². The monoisotopic (exact) mass is 440 g/mol. The SMILES string of the molecule is COc1cc2c(cc1OC)C(c1ccccc1F)N(C(=O)Nc1ccc(Cl)cc1)CC2. The predicted octanol–water partition coefficient (Wildman–Crippen LogP) is 5.68. The highest BCUT2D eigenvalue weighted by Crippen LogP contribution is 2.41. The van der Waals surface area contributed by atoms with Gasteiger partial charge in [0.2, 0.25) is 0 Å². The summed E-state index contributed by atoms with van der Waals surface area (Å²) < 4.78 is 25.8. The lowest BCUT2D eigenvalue weighted by Gasteiger charge is -2.38. The molecule has 3 aromatic rings. The van der Waals surface area contributed by atoms with E-state index in [2.05, 4.69) is 5.32 Å². The number of anilines is 1. The molecule has 1 aliphatic rings. The van der Waals surface area contributed by atoms with Gasteiger partial charge in [0.1, 0.15) is 5.82 Å². The lowest BCUT2D eigenvalue weighted by Crippen LogP contribution is -2.43. The normalized spacial score (nSPS) is 15.2. The maximum atomic E-state index is 14.9. The number of halogens is 2. The van der Waals surface area contributed by atoms with Crippen LogP contribution in [0.3, 0.4) is 0 Å². The standard InChI is InChI=1S/C24H22ClFN2O3/c1-30-21-13-15-11-12-28(24(29)27-17-9-7-16(25)8-10-17)23(19(15)14-22(21)31-2)18-5-3-4-6-20(18)26/h3-10,13-14,23H,11-12H2,1-2H3,(H,27,29). The van der Waals surface area contributed by atoms with Crippen LogP contribution in [0.2, 0.25) is 5.02 Å². The third kappa shape index (κ3) is 4.16. The molecule has 2 amide bonds. The molecule has 0 saturated carbocycles. The molecule has 0 aromatic heterocycles. The van der Waals surface area contributed by atoms with E-state index in [1.165, 1.54) is 6.07 Å². The lowest BCUT2D eigenvalue weighted by atomic mass is 9.87. The first-order valence-corrected chi connectivity index (χ1v) is 10.2. The van der Waals surface area contributed by atoms with Crippen molar-refractivity contribution in [1.82, 2.24) is 4.90 Å². The molecule has 0 aliphatic carbocycles. The molecule has 3 aromatic carbocycles. The molecule has 0 spiro atoms. The van der Waals surface area contributed by atoms with Crippen molar-refractivity contribution in [2.45, 2.75) is 12.5 Å². The topological polar surface area (TPSA) is 50.8 Å². The number of urea groups is 1. The molecule has 1 atom stereocenters. The molecule has 1 unspecified atom stereocenters. The molecule has 1 N–H and O–H groups in total. The van der Waals surface area contributed by atoms with E-state index in [-0.39, 0.29) is 11.8 Å². The van der Waals surface area contributed by atoms with E-state index < -0.39 is 6.04 Å². The Morgan fingerprint density at radius 1 is 1.03 bits per heavy atom. The Balaban J connectivity index is 1.78. The van der Waals surface area contributed by atoms with Crippen LogP contribution in [0.4, 0.5) is 14.9 Å². The van der Waals surface area contributed by atoms with E-state index in [4.69, 9.17) is 21.1 Å². The van der Waals surface area contributed by atoms with Crippen molar-refractivity contribution in [2.75, 3.05) is 26.1 Å². The number of amides is 2. The third-order valence-corrected chi connectivity index (χ3v) is 5.68. The van der Waals surface area contributed by atoms with Crippen molar-refractivity contribution in [3.63, 3.8) is 0 Å². The fraction of sp³-hybridized carbons (Fsp3) is 0.208. The number of carbonyl (C=O) groups excluding carboxylic acids is 1. The summed E-state index contributed by atoms with van der Waals surface area (Å²) in [6.45, 7) is 0.418. The molecule has 7 heteroatoms. The van der Waals surface area contributed by atoms with Gasteiger partial charge >= 0.3 is 6.03 Å². The van der Waals surface area contributed by atoms with Gasteiger partial charge in [0, 0.05) is 22.8 Å². The summed E-state index contributed by atoms with van der Waals surface area (Å²) in [6, 6.07) is 16.2. The first-order valence-electron chi connectivity index (χ1n) is 9.84. The molecule has 4 rings (SSSR count). The lowest BCUT2D eigenvalue weighted by molar-refractivity contribution is 0.192. The van der Waals surface area contributed by atoms with Crippen LogP contribution in [0.15, 0.2) is 60.7 Å². The maximum absolute atomic E-state index is 14.9. The molecule has 0 saturated heterocycles. The average molecular weight is 441 g/mol. The molecule has 160 valence electrons. The highest BCUT2D eigenvalue weighted by atomic mass is 35.5. The van der Waals surface area contributed by atoms with Crippen LogP contribution in [0, 0.1) is 5.82 Å². The fourth-order valence-electron chi connectivity index (χ4n) is 3.93. The van der Waals surface area contributed by atoms with Crippen LogP contribution >= 0.6 is 11.6 Å². The number of carbonyl (C=O) groups is 1. The van der Waals surface area contributed by atoms with Crippen molar-refractivity contribution in [3.05, 3.63) is 88.2 Å². The van der Waals surface area contributed by atoms with Gasteiger partial charge in [-0.2, -0.15) is 0 Å². The van der Waals surface area contributed by atoms with E-state index in [9.17, 15) is 9.18 Å². The molecule has 0 bridgehead atoms.